The lowest BCUT2D eigenvalue weighted by molar-refractivity contribution is -0.210. The van der Waals surface area contributed by atoms with Crippen LogP contribution in [0.5, 0.6) is 5.75 Å². The van der Waals surface area contributed by atoms with Gasteiger partial charge in [0.05, 0.1) is 0 Å². The first kappa shape index (κ1) is 19.4. The van der Waals surface area contributed by atoms with Crippen LogP contribution in [0.2, 0.25) is 0 Å². The third-order valence-corrected chi connectivity index (χ3v) is 4.33. The fourth-order valence-electron chi connectivity index (χ4n) is 2.46. The van der Waals surface area contributed by atoms with Crippen molar-refractivity contribution in [1.29, 1.82) is 0 Å². The van der Waals surface area contributed by atoms with Gasteiger partial charge in [-0.2, -0.15) is 5.06 Å². The summed E-state index contributed by atoms with van der Waals surface area (Å²) in [6, 6.07) is 7.02. The minimum absolute atomic E-state index is 0.0567. The Bertz CT molecular complexity index is 649. The standard InChI is InChI=1S/C17H21BrN2O5/c1-11(24-15-6-4-14(18)5-7-15)17(23)20(13(3)22)25-16-8-9-19(10-16)12(2)21/h4-7,11,16H,8-10H2,1-3H3. The molecule has 0 bridgehead atoms. The van der Waals surface area contributed by atoms with Gasteiger partial charge in [0.2, 0.25) is 11.8 Å². The summed E-state index contributed by atoms with van der Waals surface area (Å²) in [6.45, 7) is 5.19. The molecule has 2 unspecified atom stereocenters. The second-order valence-corrected chi connectivity index (χ2v) is 6.76. The molecule has 1 aromatic rings. The van der Waals surface area contributed by atoms with Gasteiger partial charge in [0.1, 0.15) is 11.9 Å². The molecule has 136 valence electrons. The maximum atomic E-state index is 12.5. The molecule has 0 radical (unpaired) electrons. The Morgan fingerprint density at radius 1 is 1.24 bits per heavy atom. The summed E-state index contributed by atoms with van der Waals surface area (Å²) in [5.41, 5.74) is 0. The molecule has 1 aromatic carbocycles. The molecule has 1 heterocycles. The number of halogens is 1. The van der Waals surface area contributed by atoms with Gasteiger partial charge in [-0.15, -0.1) is 0 Å². The molecule has 2 atom stereocenters. The number of nitrogens with zero attached hydrogens (tertiary/aromatic N) is 2. The number of imide groups is 1. The first-order chi connectivity index (χ1) is 11.8. The number of carbonyl (C=O) groups excluding carboxylic acids is 3. The molecule has 8 heteroatoms. The molecule has 0 spiro atoms. The van der Waals surface area contributed by atoms with E-state index >= 15 is 0 Å². The van der Waals surface area contributed by atoms with Gasteiger partial charge in [-0.1, -0.05) is 15.9 Å². The molecule has 3 amide bonds. The molecule has 1 aliphatic heterocycles. The van der Waals surface area contributed by atoms with Crippen LogP contribution in [0.25, 0.3) is 0 Å². The maximum absolute atomic E-state index is 12.5. The highest BCUT2D eigenvalue weighted by atomic mass is 79.9. The fraction of sp³-hybridized carbons (Fsp3) is 0.471. The van der Waals surface area contributed by atoms with Gasteiger partial charge in [-0.05, 0) is 37.6 Å². The van der Waals surface area contributed by atoms with E-state index in [1.807, 2.05) is 0 Å². The average Bonchev–Trinajstić information content (AvgIpc) is 3.03. The van der Waals surface area contributed by atoms with E-state index in [0.717, 1.165) is 9.54 Å². The van der Waals surface area contributed by atoms with Crippen LogP contribution in [0.15, 0.2) is 28.7 Å². The number of hydroxylamine groups is 2. The van der Waals surface area contributed by atoms with Crippen molar-refractivity contribution in [2.45, 2.75) is 39.4 Å². The van der Waals surface area contributed by atoms with Crippen molar-refractivity contribution < 1.29 is 24.0 Å². The Labute approximate surface area is 154 Å². The Morgan fingerprint density at radius 3 is 2.40 bits per heavy atom. The number of amides is 3. The van der Waals surface area contributed by atoms with Crippen molar-refractivity contribution in [1.82, 2.24) is 9.96 Å². The quantitative estimate of drug-likeness (QED) is 0.692. The first-order valence-electron chi connectivity index (χ1n) is 7.97. The van der Waals surface area contributed by atoms with E-state index in [0.29, 0.717) is 25.3 Å². The molecule has 0 saturated carbocycles. The van der Waals surface area contributed by atoms with Crippen molar-refractivity contribution in [3.8, 4) is 5.75 Å². The molecule has 7 nitrogen and oxygen atoms in total. The van der Waals surface area contributed by atoms with E-state index in [4.69, 9.17) is 9.57 Å². The molecule has 1 fully saturated rings. The van der Waals surface area contributed by atoms with E-state index in [1.54, 1.807) is 36.1 Å². The summed E-state index contributed by atoms with van der Waals surface area (Å²) in [4.78, 5) is 42.9. The number of rotatable bonds is 5. The molecule has 0 aromatic heterocycles. The summed E-state index contributed by atoms with van der Waals surface area (Å²) in [6.07, 6.45) is -0.717. The number of hydrogen-bond donors (Lipinski definition) is 0. The Hall–Kier alpha value is -1.93. The average molecular weight is 413 g/mol. The monoisotopic (exact) mass is 412 g/mol. The number of ether oxygens (including phenoxy) is 1. The zero-order chi connectivity index (χ0) is 18.6. The maximum Gasteiger partial charge on any atom is 0.294 e. The summed E-state index contributed by atoms with van der Waals surface area (Å²) >= 11 is 3.32. The van der Waals surface area contributed by atoms with E-state index < -0.39 is 24.0 Å². The largest absolute Gasteiger partial charge is 0.481 e. The summed E-state index contributed by atoms with van der Waals surface area (Å²) in [7, 11) is 0. The molecule has 2 rings (SSSR count). The topological polar surface area (TPSA) is 76.2 Å². The number of carbonyl (C=O) groups is 3. The highest BCUT2D eigenvalue weighted by Gasteiger charge is 2.33. The van der Waals surface area contributed by atoms with Crippen molar-refractivity contribution in [2.24, 2.45) is 0 Å². The lowest BCUT2D eigenvalue weighted by Crippen LogP contribution is -2.45. The molecule has 1 saturated heterocycles. The van der Waals surface area contributed by atoms with E-state index in [2.05, 4.69) is 15.9 Å². The van der Waals surface area contributed by atoms with Gasteiger partial charge in [0.15, 0.2) is 6.10 Å². The summed E-state index contributed by atoms with van der Waals surface area (Å²) < 4.78 is 6.47. The SMILES string of the molecule is CC(=O)N1CCC(ON(C(C)=O)C(=O)C(C)Oc2ccc(Br)cc2)C1. The summed E-state index contributed by atoms with van der Waals surface area (Å²) in [5, 5.41) is 0.734. The number of likely N-dealkylation sites (tertiary alicyclic amines) is 1. The molecular weight excluding hydrogens is 392 g/mol. The lowest BCUT2D eigenvalue weighted by atomic mass is 10.3. The zero-order valence-electron chi connectivity index (χ0n) is 14.4. The Balaban J connectivity index is 1.98. The van der Waals surface area contributed by atoms with Crippen LogP contribution in [-0.2, 0) is 19.2 Å². The van der Waals surface area contributed by atoms with Gasteiger partial charge >= 0.3 is 0 Å². The van der Waals surface area contributed by atoms with Gasteiger partial charge in [-0.3, -0.25) is 19.2 Å². The van der Waals surface area contributed by atoms with Crippen LogP contribution < -0.4 is 4.74 Å². The minimum atomic E-state index is -0.893. The van der Waals surface area contributed by atoms with Crippen molar-refractivity contribution in [2.75, 3.05) is 13.1 Å². The van der Waals surface area contributed by atoms with Crippen LogP contribution in [0.1, 0.15) is 27.2 Å². The zero-order valence-corrected chi connectivity index (χ0v) is 16.0. The van der Waals surface area contributed by atoms with Crippen LogP contribution in [0.4, 0.5) is 0 Å². The Morgan fingerprint density at radius 2 is 1.88 bits per heavy atom. The predicted molar refractivity (Wildman–Crippen MR) is 93.5 cm³/mol. The first-order valence-corrected chi connectivity index (χ1v) is 8.76. The van der Waals surface area contributed by atoms with E-state index in [9.17, 15) is 14.4 Å². The highest BCUT2D eigenvalue weighted by Crippen LogP contribution is 2.19. The molecule has 0 N–H and O–H groups in total. The van der Waals surface area contributed by atoms with Crippen LogP contribution in [0.3, 0.4) is 0 Å². The van der Waals surface area contributed by atoms with Crippen LogP contribution >= 0.6 is 15.9 Å². The third-order valence-electron chi connectivity index (χ3n) is 3.81. The molecule has 1 aliphatic rings. The van der Waals surface area contributed by atoms with Crippen molar-refractivity contribution in [3.63, 3.8) is 0 Å². The highest BCUT2D eigenvalue weighted by molar-refractivity contribution is 9.10. The molecular formula is C17H21BrN2O5. The molecule has 0 aliphatic carbocycles. The van der Waals surface area contributed by atoms with Gasteiger partial charge < -0.3 is 9.64 Å². The lowest BCUT2D eigenvalue weighted by Gasteiger charge is -2.25. The normalized spacial score (nSPS) is 17.9. The van der Waals surface area contributed by atoms with Crippen molar-refractivity contribution in [3.05, 3.63) is 28.7 Å². The minimum Gasteiger partial charge on any atom is -0.481 e. The van der Waals surface area contributed by atoms with Gasteiger partial charge in [-0.25, -0.2) is 0 Å². The molecule has 25 heavy (non-hydrogen) atoms. The van der Waals surface area contributed by atoms with E-state index in [1.165, 1.54) is 13.8 Å². The number of hydrogen-bond acceptors (Lipinski definition) is 5. The third kappa shape index (κ3) is 5.27. The summed E-state index contributed by atoms with van der Waals surface area (Å²) in [5.74, 6) is -0.663. The van der Waals surface area contributed by atoms with Gasteiger partial charge in [0.25, 0.3) is 5.91 Å². The van der Waals surface area contributed by atoms with Crippen molar-refractivity contribution >= 4 is 33.7 Å². The predicted octanol–water partition coefficient (Wildman–Crippen LogP) is 2.14. The van der Waals surface area contributed by atoms with Crippen LogP contribution in [0, 0.1) is 0 Å². The van der Waals surface area contributed by atoms with Crippen LogP contribution in [-0.4, -0.2) is 53.0 Å². The second kappa shape index (κ2) is 8.44. The van der Waals surface area contributed by atoms with E-state index in [-0.39, 0.29) is 5.91 Å². The number of benzene rings is 1. The smallest absolute Gasteiger partial charge is 0.294 e. The second-order valence-electron chi connectivity index (χ2n) is 5.85. The van der Waals surface area contributed by atoms with Gasteiger partial charge in [0, 0.05) is 31.4 Å². The fourth-order valence-corrected chi connectivity index (χ4v) is 2.73. The Kier molecular flexibility index (Phi) is 6.55.